The summed E-state index contributed by atoms with van der Waals surface area (Å²) >= 11 is 0. The Labute approximate surface area is 111 Å². The van der Waals surface area contributed by atoms with Gasteiger partial charge in [0.1, 0.15) is 5.82 Å². The van der Waals surface area contributed by atoms with Crippen molar-refractivity contribution in [2.24, 2.45) is 0 Å². The lowest BCUT2D eigenvalue weighted by molar-refractivity contribution is 0.115. The molecule has 1 aromatic rings. The molecule has 1 rings (SSSR count). The van der Waals surface area contributed by atoms with E-state index in [-0.39, 0.29) is 5.54 Å². The average molecular weight is 252 g/mol. The average Bonchev–Trinajstić information content (AvgIpc) is 2.81. The van der Waals surface area contributed by atoms with Crippen molar-refractivity contribution in [1.82, 2.24) is 19.8 Å². The van der Waals surface area contributed by atoms with Crippen LogP contribution in [0.25, 0.3) is 0 Å². The first-order valence-electron chi connectivity index (χ1n) is 6.84. The molecule has 0 aliphatic rings. The van der Waals surface area contributed by atoms with Crippen molar-refractivity contribution in [3.05, 3.63) is 18.2 Å². The van der Waals surface area contributed by atoms with Gasteiger partial charge >= 0.3 is 0 Å². The second kappa shape index (κ2) is 6.34. The van der Waals surface area contributed by atoms with E-state index in [9.17, 15) is 0 Å². The summed E-state index contributed by atoms with van der Waals surface area (Å²) < 4.78 is 2.22. The van der Waals surface area contributed by atoms with Gasteiger partial charge in [0.05, 0.1) is 0 Å². The fraction of sp³-hybridized carbons (Fsp3) is 0.786. The van der Waals surface area contributed by atoms with Crippen LogP contribution in [-0.4, -0.2) is 47.2 Å². The minimum atomic E-state index is 0.138. The van der Waals surface area contributed by atoms with Crippen LogP contribution in [0, 0.1) is 0 Å². The van der Waals surface area contributed by atoms with Gasteiger partial charge in [-0.1, -0.05) is 6.92 Å². The summed E-state index contributed by atoms with van der Waals surface area (Å²) in [5, 5.41) is 3.47. The van der Waals surface area contributed by atoms with Crippen LogP contribution in [0.5, 0.6) is 0 Å². The van der Waals surface area contributed by atoms with Crippen LogP contribution >= 0.6 is 0 Å². The number of likely N-dealkylation sites (N-methyl/N-ethyl adjacent to an activating group) is 2. The highest BCUT2D eigenvalue weighted by Crippen LogP contribution is 2.23. The summed E-state index contributed by atoms with van der Waals surface area (Å²) in [4.78, 5) is 6.80. The minimum absolute atomic E-state index is 0.138. The van der Waals surface area contributed by atoms with Gasteiger partial charge in [-0.15, -0.1) is 0 Å². The Morgan fingerprint density at radius 3 is 2.56 bits per heavy atom. The van der Waals surface area contributed by atoms with Crippen molar-refractivity contribution in [1.29, 1.82) is 0 Å². The molecule has 1 heterocycles. The first kappa shape index (κ1) is 15.2. The van der Waals surface area contributed by atoms with Crippen molar-refractivity contribution in [3.8, 4) is 0 Å². The lowest BCUT2D eigenvalue weighted by Gasteiger charge is -2.42. The van der Waals surface area contributed by atoms with Gasteiger partial charge in [-0.25, -0.2) is 4.98 Å². The van der Waals surface area contributed by atoms with Crippen molar-refractivity contribution in [2.45, 2.75) is 51.7 Å². The third-order valence-electron chi connectivity index (χ3n) is 4.37. The van der Waals surface area contributed by atoms with Crippen molar-refractivity contribution in [3.63, 3.8) is 0 Å². The third kappa shape index (κ3) is 2.93. The quantitative estimate of drug-likeness (QED) is 0.803. The maximum Gasteiger partial charge on any atom is 0.110 e. The molecule has 0 fully saturated rings. The minimum Gasteiger partial charge on any atom is -0.335 e. The number of hydrogen-bond acceptors (Lipinski definition) is 3. The van der Waals surface area contributed by atoms with Gasteiger partial charge < -0.3 is 14.8 Å². The Hall–Kier alpha value is -0.870. The maximum absolute atomic E-state index is 4.49. The number of aryl methyl sites for hydroxylation is 1. The Morgan fingerprint density at radius 2 is 2.11 bits per heavy atom. The topological polar surface area (TPSA) is 33.1 Å². The predicted molar refractivity (Wildman–Crippen MR) is 76.8 cm³/mol. The first-order chi connectivity index (χ1) is 8.49. The highest BCUT2D eigenvalue weighted by molar-refractivity contribution is 5.02. The Bertz CT molecular complexity index is 358. The molecule has 4 nitrogen and oxygen atoms in total. The fourth-order valence-electron chi connectivity index (χ4n) is 2.51. The number of nitrogens with one attached hydrogen (secondary N) is 1. The second-order valence-electron chi connectivity index (χ2n) is 5.28. The Morgan fingerprint density at radius 1 is 1.44 bits per heavy atom. The molecule has 0 aliphatic carbocycles. The van der Waals surface area contributed by atoms with Gasteiger partial charge in [-0.2, -0.15) is 0 Å². The Kier molecular flexibility index (Phi) is 5.35. The molecule has 1 aromatic heterocycles. The summed E-state index contributed by atoms with van der Waals surface area (Å²) in [6, 6.07) is 0.394. The largest absolute Gasteiger partial charge is 0.335 e. The van der Waals surface area contributed by atoms with Gasteiger partial charge in [0, 0.05) is 36.9 Å². The van der Waals surface area contributed by atoms with E-state index in [2.05, 4.69) is 60.8 Å². The fourth-order valence-corrected chi connectivity index (χ4v) is 2.51. The summed E-state index contributed by atoms with van der Waals surface area (Å²) in [5.74, 6) is 1.17. The van der Waals surface area contributed by atoms with Crippen molar-refractivity contribution < 1.29 is 0 Å². The molecule has 18 heavy (non-hydrogen) atoms. The zero-order chi connectivity index (χ0) is 13.8. The van der Waals surface area contributed by atoms with E-state index in [0.717, 1.165) is 19.4 Å². The van der Waals surface area contributed by atoms with E-state index in [1.807, 2.05) is 13.2 Å². The zero-order valence-corrected chi connectivity index (χ0v) is 12.7. The van der Waals surface area contributed by atoms with Crippen LogP contribution in [0.15, 0.2) is 12.4 Å². The number of nitrogens with zero attached hydrogens (tertiary/aromatic N) is 3. The SMILES string of the molecule is CCn1ccnc1CC(NC)C(C)(CC)N(C)C. The predicted octanol–water partition coefficient (Wildman–Crippen LogP) is 1.76. The van der Waals surface area contributed by atoms with Gasteiger partial charge in [-0.05, 0) is 41.4 Å². The molecule has 0 spiro atoms. The maximum atomic E-state index is 4.49. The van der Waals surface area contributed by atoms with E-state index < -0.39 is 0 Å². The van der Waals surface area contributed by atoms with Crippen LogP contribution in [-0.2, 0) is 13.0 Å². The highest BCUT2D eigenvalue weighted by Gasteiger charge is 2.34. The highest BCUT2D eigenvalue weighted by atomic mass is 15.2. The van der Waals surface area contributed by atoms with Gasteiger partial charge in [-0.3, -0.25) is 0 Å². The molecule has 2 atom stereocenters. The van der Waals surface area contributed by atoms with E-state index >= 15 is 0 Å². The van der Waals surface area contributed by atoms with Crippen LogP contribution in [0.2, 0.25) is 0 Å². The van der Waals surface area contributed by atoms with Gasteiger partial charge in [0.25, 0.3) is 0 Å². The van der Waals surface area contributed by atoms with Crippen molar-refractivity contribution >= 4 is 0 Å². The van der Waals surface area contributed by atoms with E-state index in [0.29, 0.717) is 6.04 Å². The number of rotatable bonds is 7. The zero-order valence-electron chi connectivity index (χ0n) is 12.7. The summed E-state index contributed by atoms with van der Waals surface area (Å²) in [6.07, 6.45) is 6.02. The van der Waals surface area contributed by atoms with Crippen molar-refractivity contribution in [2.75, 3.05) is 21.1 Å². The third-order valence-corrected chi connectivity index (χ3v) is 4.37. The molecule has 0 amide bonds. The normalized spacial score (nSPS) is 16.8. The molecule has 0 radical (unpaired) electrons. The lowest BCUT2D eigenvalue weighted by Crippen LogP contribution is -2.57. The second-order valence-corrected chi connectivity index (χ2v) is 5.28. The molecule has 1 N–H and O–H groups in total. The van der Waals surface area contributed by atoms with Crippen LogP contribution in [0.4, 0.5) is 0 Å². The Balaban J connectivity index is 2.90. The van der Waals surface area contributed by atoms with E-state index in [1.54, 1.807) is 0 Å². The van der Waals surface area contributed by atoms with E-state index in [4.69, 9.17) is 0 Å². The molecule has 0 aliphatic heterocycles. The molecule has 0 bridgehead atoms. The molecular weight excluding hydrogens is 224 g/mol. The van der Waals surface area contributed by atoms with E-state index in [1.165, 1.54) is 5.82 Å². The smallest absolute Gasteiger partial charge is 0.110 e. The summed E-state index contributed by atoms with van der Waals surface area (Å²) in [6.45, 7) is 7.70. The lowest BCUT2D eigenvalue weighted by atomic mass is 9.85. The number of aromatic nitrogens is 2. The standard InChI is InChI=1S/C14H28N4/c1-7-14(3,17(5)6)12(15-4)11-13-16-9-10-18(13)8-2/h9-10,12,15H,7-8,11H2,1-6H3. The molecule has 0 saturated carbocycles. The summed E-state index contributed by atoms with van der Waals surface area (Å²) in [5.41, 5.74) is 0.138. The van der Waals surface area contributed by atoms with Crippen LogP contribution in [0.3, 0.4) is 0 Å². The molecule has 0 aromatic carbocycles. The monoisotopic (exact) mass is 252 g/mol. The van der Waals surface area contributed by atoms with Crippen LogP contribution in [0.1, 0.15) is 33.0 Å². The van der Waals surface area contributed by atoms with Gasteiger partial charge in [0.15, 0.2) is 0 Å². The number of imidazole rings is 1. The summed E-state index contributed by atoms with van der Waals surface area (Å²) in [7, 11) is 6.35. The first-order valence-corrected chi connectivity index (χ1v) is 6.84. The van der Waals surface area contributed by atoms with Crippen LogP contribution < -0.4 is 5.32 Å². The van der Waals surface area contributed by atoms with Gasteiger partial charge in [0.2, 0.25) is 0 Å². The molecular formula is C14H28N4. The number of hydrogen-bond donors (Lipinski definition) is 1. The molecule has 0 saturated heterocycles. The molecule has 2 unspecified atom stereocenters. The molecule has 104 valence electrons. The molecule has 4 heteroatoms.